The van der Waals surface area contributed by atoms with Gasteiger partial charge >= 0.3 is 0 Å². The van der Waals surface area contributed by atoms with Crippen molar-refractivity contribution >= 4 is 15.9 Å². The molecule has 2 aromatic rings. The van der Waals surface area contributed by atoms with Crippen LogP contribution in [-0.2, 0) is 14.8 Å². The third kappa shape index (κ3) is 4.73. The first kappa shape index (κ1) is 21.0. The molecular weight excluding hydrogens is 403 g/mol. The maximum Gasteiger partial charge on any atom is 0.226 e. The van der Waals surface area contributed by atoms with Crippen molar-refractivity contribution in [1.29, 1.82) is 0 Å². The number of likely N-dealkylation sites (tertiary alicyclic amines) is 1. The highest BCUT2D eigenvalue weighted by Gasteiger charge is 2.46. The second-order valence-corrected chi connectivity index (χ2v) is 10.1. The van der Waals surface area contributed by atoms with Gasteiger partial charge in [0.25, 0.3) is 0 Å². The van der Waals surface area contributed by atoms with Crippen molar-refractivity contribution in [1.82, 2.24) is 9.62 Å². The van der Waals surface area contributed by atoms with E-state index in [1.807, 2.05) is 35.2 Å². The van der Waals surface area contributed by atoms with E-state index in [0.717, 1.165) is 30.4 Å². The Bertz CT molecular complexity index is 1040. The topological polar surface area (TPSA) is 66.5 Å². The molecule has 1 aliphatic carbocycles. The minimum absolute atomic E-state index is 0.0858. The van der Waals surface area contributed by atoms with Crippen molar-refractivity contribution in [2.24, 2.45) is 5.92 Å². The maximum atomic E-state index is 14.4. The molecule has 0 unspecified atom stereocenters. The van der Waals surface area contributed by atoms with Gasteiger partial charge in [0.1, 0.15) is 5.82 Å². The summed E-state index contributed by atoms with van der Waals surface area (Å²) in [6.07, 6.45) is 4.08. The van der Waals surface area contributed by atoms with E-state index in [1.165, 1.54) is 12.3 Å². The monoisotopic (exact) mass is 430 g/mol. The van der Waals surface area contributed by atoms with Crippen molar-refractivity contribution in [3.8, 4) is 11.1 Å². The SMILES string of the molecule is CS(=O)(=O)N[C@@H]1CCCN(C(=O)[C@@H]2C[C@H]2c2ccccc2-c2ccccc2F)CC1. The van der Waals surface area contributed by atoms with Crippen LogP contribution in [-0.4, -0.2) is 44.6 Å². The summed E-state index contributed by atoms with van der Waals surface area (Å²) in [4.78, 5) is 15.0. The van der Waals surface area contributed by atoms with Crippen LogP contribution in [0.15, 0.2) is 48.5 Å². The first-order chi connectivity index (χ1) is 14.3. The first-order valence-corrected chi connectivity index (χ1v) is 12.3. The minimum Gasteiger partial charge on any atom is -0.342 e. The standard InChI is InChI=1S/C23H27FN2O3S/c1-30(28,29)25-16-7-6-13-26(14-12-16)23(27)21-15-20(21)18-9-3-2-8-17(18)19-10-4-5-11-22(19)24/h2-5,8-11,16,20-21,25H,6-7,12-15H2,1H3/t16-,20+,21-/m1/s1. The number of rotatable bonds is 5. The van der Waals surface area contributed by atoms with Crippen molar-refractivity contribution < 1.29 is 17.6 Å². The van der Waals surface area contributed by atoms with Crippen molar-refractivity contribution in [3.05, 3.63) is 59.9 Å². The number of hydrogen-bond acceptors (Lipinski definition) is 3. The lowest BCUT2D eigenvalue weighted by Crippen LogP contribution is -2.36. The van der Waals surface area contributed by atoms with Gasteiger partial charge < -0.3 is 4.90 Å². The predicted octanol–water partition coefficient (Wildman–Crippen LogP) is 3.53. The molecule has 5 nitrogen and oxygen atoms in total. The zero-order valence-electron chi connectivity index (χ0n) is 17.1. The second-order valence-electron chi connectivity index (χ2n) is 8.36. The molecule has 0 aromatic heterocycles. The number of amides is 1. The Kier molecular flexibility index (Phi) is 5.93. The zero-order chi connectivity index (χ0) is 21.3. The summed E-state index contributed by atoms with van der Waals surface area (Å²) >= 11 is 0. The molecular formula is C23H27FN2O3S. The Morgan fingerprint density at radius 3 is 2.47 bits per heavy atom. The van der Waals surface area contributed by atoms with Crippen LogP contribution in [0.2, 0.25) is 0 Å². The number of benzene rings is 2. The fourth-order valence-corrected chi connectivity index (χ4v) is 5.37. The molecule has 2 fully saturated rings. The predicted molar refractivity (Wildman–Crippen MR) is 115 cm³/mol. The van der Waals surface area contributed by atoms with Crippen molar-refractivity contribution in [2.75, 3.05) is 19.3 Å². The quantitative estimate of drug-likeness (QED) is 0.789. The van der Waals surface area contributed by atoms with Crippen LogP contribution in [0.3, 0.4) is 0 Å². The molecule has 1 N–H and O–H groups in total. The molecule has 0 bridgehead atoms. The number of hydrogen-bond donors (Lipinski definition) is 1. The van der Waals surface area contributed by atoms with Gasteiger partial charge in [-0.2, -0.15) is 0 Å². The Balaban J connectivity index is 1.45. The summed E-state index contributed by atoms with van der Waals surface area (Å²) in [5.74, 6) is -0.118. The molecule has 1 saturated carbocycles. The van der Waals surface area contributed by atoms with E-state index < -0.39 is 10.0 Å². The van der Waals surface area contributed by atoms with Crippen molar-refractivity contribution in [3.63, 3.8) is 0 Å². The maximum absolute atomic E-state index is 14.4. The summed E-state index contributed by atoms with van der Waals surface area (Å²) in [6, 6.07) is 14.4. The second kappa shape index (κ2) is 8.47. The van der Waals surface area contributed by atoms with Gasteiger partial charge in [0.2, 0.25) is 15.9 Å². The lowest BCUT2D eigenvalue weighted by Gasteiger charge is -2.21. The smallest absolute Gasteiger partial charge is 0.226 e. The van der Waals surface area contributed by atoms with E-state index in [0.29, 0.717) is 25.1 Å². The summed E-state index contributed by atoms with van der Waals surface area (Å²) in [7, 11) is -3.25. The van der Waals surface area contributed by atoms with Crippen molar-refractivity contribution in [2.45, 2.75) is 37.6 Å². The molecule has 2 aliphatic rings. The highest BCUT2D eigenvalue weighted by Crippen LogP contribution is 2.51. The largest absolute Gasteiger partial charge is 0.342 e. The molecule has 0 spiro atoms. The zero-order valence-corrected chi connectivity index (χ0v) is 17.9. The van der Waals surface area contributed by atoms with Gasteiger partial charge in [-0.25, -0.2) is 17.5 Å². The number of nitrogens with zero attached hydrogens (tertiary/aromatic N) is 1. The van der Waals surface area contributed by atoms with E-state index >= 15 is 0 Å². The van der Waals surface area contributed by atoms with Gasteiger partial charge in [-0.05, 0) is 48.8 Å². The van der Waals surface area contributed by atoms with Gasteiger partial charge in [-0.3, -0.25) is 4.79 Å². The molecule has 30 heavy (non-hydrogen) atoms. The Morgan fingerprint density at radius 2 is 1.73 bits per heavy atom. The molecule has 2 aromatic carbocycles. The number of carbonyl (C=O) groups excluding carboxylic acids is 1. The van der Waals surface area contributed by atoms with E-state index in [2.05, 4.69) is 4.72 Å². The first-order valence-electron chi connectivity index (χ1n) is 10.4. The Hall–Kier alpha value is -2.25. The summed E-state index contributed by atoms with van der Waals surface area (Å²) < 4.78 is 40.0. The summed E-state index contributed by atoms with van der Waals surface area (Å²) in [6.45, 7) is 1.21. The normalized spacial score (nSPS) is 24.3. The highest BCUT2D eigenvalue weighted by atomic mass is 32.2. The average Bonchev–Trinajstić information content (AvgIpc) is 3.51. The highest BCUT2D eigenvalue weighted by molar-refractivity contribution is 7.88. The third-order valence-electron chi connectivity index (χ3n) is 6.05. The molecule has 160 valence electrons. The number of sulfonamides is 1. The number of carbonyl (C=O) groups is 1. The number of halogens is 1. The average molecular weight is 431 g/mol. The molecule has 1 amide bonds. The molecule has 1 heterocycles. The van der Waals surface area contributed by atoms with Gasteiger partial charge in [-0.15, -0.1) is 0 Å². The van der Waals surface area contributed by atoms with Crippen LogP contribution in [0.4, 0.5) is 4.39 Å². The van der Waals surface area contributed by atoms with Gasteiger partial charge in [0.15, 0.2) is 0 Å². The van der Waals surface area contributed by atoms with Gasteiger partial charge in [0, 0.05) is 30.6 Å². The molecule has 1 aliphatic heterocycles. The lowest BCUT2D eigenvalue weighted by molar-refractivity contribution is -0.132. The van der Waals surface area contributed by atoms with E-state index in [1.54, 1.807) is 12.1 Å². The van der Waals surface area contributed by atoms with E-state index in [4.69, 9.17) is 0 Å². The molecule has 7 heteroatoms. The summed E-state index contributed by atoms with van der Waals surface area (Å²) in [5, 5.41) is 0. The van der Waals surface area contributed by atoms with Crippen LogP contribution in [0.25, 0.3) is 11.1 Å². The van der Waals surface area contributed by atoms with Crippen LogP contribution in [0, 0.1) is 11.7 Å². The Morgan fingerprint density at radius 1 is 1.03 bits per heavy atom. The van der Waals surface area contributed by atoms with Gasteiger partial charge in [-0.1, -0.05) is 42.5 Å². The summed E-state index contributed by atoms with van der Waals surface area (Å²) in [5.41, 5.74) is 2.44. The fraction of sp³-hybridized carbons (Fsp3) is 0.435. The van der Waals surface area contributed by atoms with E-state index in [-0.39, 0.29) is 29.6 Å². The molecule has 4 rings (SSSR count). The Labute approximate surface area is 177 Å². The molecule has 1 saturated heterocycles. The lowest BCUT2D eigenvalue weighted by atomic mass is 9.95. The van der Waals surface area contributed by atoms with Crippen LogP contribution >= 0.6 is 0 Å². The molecule has 3 atom stereocenters. The van der Waals surface area contributed by atoms with E-state index in [9.17, 15) is 17.6 Å². The molecule has 0 radical (unpaired) electrons. The van der Waals surface area contributed by atoms with Gasteiger partial charge in [0.05, 0.1) is 6.26 Å². The van der Waals surface area contributed by atoms with Crippen LogP contribution in [0.5, 0.6) is 0 Å². The number of nitrogens with one attached hydrogen (secondary N) is 1. The minimum atomic E-state index is -3.25. The fourth-order valence-electron chi connectivity index (χ4n) is 4.53. The van der Waals surface area contributed by atoms with Crippen LogP contribution in [0.1, 0.15) is 37.2 Å². The van der Waals surface area contributed by atoms with Crippen LogP contribution < -0.4 is 4.72 Å². The third-order valence-corrected chi connectivity index (χ3v) is 6.81.